The summed E-state index contributed by atoms with van der Waals surface area (Å²) in [6.07, 6.45) is 3.08. The molecule has 5 nitrogen and oxygen atoms in total. The second-order valence-electron chi connectivity index (χ2n) is 5.32. The molecule has 0 spiro atoms. The maximum Gasteiger partial charge on any atom is 0.230 e. The molecule has 1 aromatic rings. The van der Waals surface area contributed by atoms with Crippen molar-refractivity contribution >= 4 is 17.9 Å². The zero-order chi connectivity index (χ0) is 15.2. The molecule has 0 unspecified atom stereocenters. The number of anilines is 1. The van der Waals surface area contributed by atoms with Gasteiger partial charge in [0.2, 0.25) is 5.91 Å². The first-order valence-corrected chi connectivity index (χ1v) is 7.23. The van der Waals surface area contributed by atoms with Crippen molar-refractivity contribution in [2.24, 2.45) is 5.92 Å². The number of aldehydes is 1. The minimum Gasteiger partial charge on any atom is -0.497 e. The Balaban J connectivity index is 2.13. The van der Waals surface area contributed by atoms with Gasteiger partial charge in [-0.05, 0) is 49.9 Å². The van der Waals surface area contributed by atoms with Crippen molar-refractivity contribution in [3.8, 4) is 5.75 Å². The summed E-state index contributed by atoms with van der Waals surface area (Å²) in [5.41, 5.74) is 0.694. The third kappa shape index (κ3) is 3.82. The second kappa shape index (κ2) is 7.22. The number of amides is 1. The first-order valence-electron chi connectivity index (χ1n) is 7.23. The number of carbonyl (C=O) groups excluding carboxylic acids is 2. The number of benzene rings is 1. The van der Waals surface area contributed by atoms with Crippen molar-refractivity contribution in [1.82, 2.24) is 0 Å². The van der Waals surface area contributed by atoms with Gasteiger partial charge in [-0.2, -0.15) is 0 Å². The first-order chi connectivity index (χ1) is 10.2. The van der Waals surface area contributed by atoms with Gasteiger partial charge < -0.3 is 19.5 Å². The highest BCUT2D eigenvalue weighted by Crippen LogP contribution is 2.28. The summed E-state index contributed by atoms with van der Waals surface area (Å²) in [7, 11) is 1.58. The third-order valence-corrected chi connectivity index (χ3v) is 3.95. The molecule has 1 aromatic carbocycles. The molecule has 0 radical (unpaired) electrons. The number of hydrogen-bond acceptors (Lipinski definition) is 4. The highest BCUT2D eigenvalue weighted by Gasteiger charge is 2.29. The van der Waals surface area contributed by atoms with Crippen molar-refractivity contribution in [3.05, 3.63) is 24.3 Å². The van der Waals surface area contributed by atoms with Gasteiger partial charge in [-0.15, -0.1) is 0 Å². The molecule has 0 aromatic heterocycles. The monoisotopic (exact) mass is 291 g/mol. The Kier molecular flexibility index (Phi) is 5.33. The molecule has 0 atom stereocenters. The van der Waals surface area contributed by atoms with Crippen LogP contribution in [0.3, 0.4) is 0 Å². The fraction of sp³-hybridized carbons (Fsp3) is 0.500. The number of aliphatic hydroxyl groups excluding tert-OH is 1. The van der Waals surface area contributed by atoms with Gasteiger partial charge in [0, 0.05) is 11.6 Å². The Morgan fingerprint density at radius 3 is 2.43 bits per heavy atom. The topological polar surface area (TPSA) is 66.8 Å². The van der Waals surface area contributed by atoms with Gasteiger partial charge in [0.25, 0.3) is 0 Å². The number of aliphatic hydroxyl groups is 1. The van der Waals surface area contributed by atoms with Crippen LogP contribution < -0.4 is 9.64 Å². The fourth-order valence-electron chi connectivity index (χ4n) is 2.70. The molecule has 114 valence electrons. The standard InChI is InChI=1S/C16H21NO4/c1-21-15-8-4-13(5-9-15)17(10-11-18)16(20)12-2-6-14(19)7-3-12/h4-5,8-9,11-12,14,19H,2-3,6-7,10H2,1H3. The van der Waals surface area contributed by atoms with Crippen LogP contribution in [0.2, 0.25) is 0 Å². The summed E-state index contributed by atoms with van der Waals surface area (Å²) in [6, 6.07) is 7.09. The third-order valence-electron chi connectivity index (χ3n) is 3.95. The van der Waals surface area contributed by atoms with Crippen LogP contribution >= 0.6 is 0 Å². The molecule has 2 rings (SSSR count). The van der Waals surface area contributed by atoms with Gasteiger partial charge in [0.15, 0.2) is 0 Å². The molecule has 1 aliphatic carbocycles. The number of methoxy groups -OCH3 is 1. The predicted molar refractivity (Wildman–Crippen MR) is 79.4 cm³/mol. The van der Waals surface area contributed by atoms with Crippen LogP contribution in [-0.2, 0) is 9.59 Å². The van der Waals surface area contributed by atoms with Crippen molar-refractivity contribution in [2.75, 3.05) is 18.6 Å². The Morgan fingerprint density at radius 2 is 1.90 bits per heavy atom. The van der Waals surface area contributed by atoms with Crippen LogP contribution in [0.5, 0.6) is 5.75 Å². The van der Waals surface area contributed by atoms with E-state index in [1.54, 1.807) is 31.4 Å². The van der Waals surface area contributed by atoms with Crippen LogP contribution in [0.4, 0.5) is 5.69 Å². The zero-order valence-corrected chi connectivity index (χ0v) is 12.2. The number of hydrogen-bond donors (Lipinski definition) is 1. The highest BCUT2D eigenvalue weighted by atomic mass is 16.5. The normalized spacial score (nSPS) is 21.6. The van der Waals surface area contributed by atoms with Gasteiger partial charge in [-0.1, -0.05) is 0 Å². The SMILES string of the molecule is COc1ccc(N(CC=O)C(=O)C2CCC(O)CC2)cc1. The molecular formula is C16H21NO4. The summed E-state index contributed by atoms with van der Waals surface area (Å²) < 4.78 is 5.10. The van der Waals surface area contributed by atoms with Crippen molar-refractivity contribution < 1.29 is 19.4 Å². The quantitative estimate of drug-likeness (QED) is 0.840. The molecule has 1 fully saturated rings. The summed E-state index contributed by atoms with van der Waals surface area (Å²) >= 11 is 0. The molecule has 1 saturated carbocycles. The Bertz CT molecular complexity index is 478. The van der Waals surface area contributed by atoms with Crippen LogP contribution in [0.25, 0.3) is 0 Å². The number of rotatable bonds is 5. The van der Waals surface area contributed by atoms with E-state index in [4.69, 9.17) is 4.74 Å². The van der Waals surface area contributed by atoms with Crippen LogP contribution in [0.15, 0.2) is 24.3 Å². The van der Waals surface area contributed by atoms with E-state index in [1.807, 2.05) is 0 Å². The first kappa shape index (κ1) is 15.5. The predicted octanol–water partition coefficient (Wildman–Crippen LogP) is 1.78. The Morgan fingerprint density at radius 1 is 1.29 bits per heavy atom. The molecule has 1 amide bonds. The number of ether oxygens (including phenoxy) is 1. The molecule has 0 aliphatic heterocycles. The maximum absolute atomic E-state index is 12.6. The lowest BCUT2D eigenvalue weighted by Gasteiger charge is -2.29. The van der Waals surface area contributed by atoms with Gasteiger partial charge in [-0.3, -0.25) is 4.79 Å². The lowest BCUT2D eigenvalue weighted by atomic mass is 9.86. The largest absolute Gasteiger partial charge is 0.497 e. The van der Waals surface area contributed by atoms with E-state index in [-0.39, 0.29) is 24.5 Å². The maximum atomic E-state index is 12.6. The van der Waals surface area contributed by atoms with Crippen LogP contribution in [-0.4, -0.2) is 37.1 Å². The lowest BCUT2D eigenvalue weighted by molar-refractivity contribution is -0.124. The van der Waals surface area contributed by atoms with Gasteiger partial charge in [0.05, 0.1) is 19.8 Å². The van der Waals surface area contributed by atoms with Crippen LogP contribution in [0, 0.1) is 5.92 Å². The summed E-state index contributed by atoms with van der Waals surface area (Å²) in [5.74, 6) is 0.549. The lowest BCUT2D eigenvalue weighted by Crippen LogP contribution is -2.39. The van der Waals surface area contributed by atoms with Crippen molar-refractivity contribution in [2.45, 2.75) is 31.8 Å². The molecule has 1 aliphatic rings. The molecule has 0 heterocycles. The molecule has 1 N–H and O–H groups in total. The summed E-state index contributed by atoms with van der Waals surface area (Å²) in [6.45, 7) is 0.0458. The molecule has 21 heavy (non-hydrogen) atoms. The zero-order valence-electron chi connectivity index (χ0n) is 12.2. The smallest absolute Gasteiger partial charge is 0.230 e. The molecule has 0 saturated heterocycles. The number of carbonyl (C=O) groups is 2. The van der Waals surface area contributed by atoms with E-state index in [2.05, 4.69) is 0 Å². The minimum atomic E-state index is -0.297. The van der Waals surface area contributed by atoms with E-state index >= 15 is 0 Å². The van der Waals surface area contributed by atoms with E-state index in [1.165, 1.54) is 4.90 Å². The van der Waals surface area contributed by atoms with Crippen LogP contribution in [0.1, 0.15) is 25.7 Å². The average molecular weight is 291 g/mol. The Labute approximate surface area is 124 Å². The van der Waals surface area contributed by atoms with Gasteiger partial charge >= 0.3 is 0 Å². The van der Waals surface area contributed by atoms with Crippen molar-refractivity contribution in [1.29, 1.82) is 0 Å². The van der Waals surface area contributed by atoms with Crippen molar-refractivity contribution in [3.63, 3.8) is 0 Å². The van der Waals surface area contributed by atoms with E-state index < -0.39 is 0 Å². The minimum absolute atomic E-state index is 0.0424. The highest BCUT2D eigenvalue weighted by molar-refractivity contribution is 5.97. The summed E-state index contributed by atoms with van der Waals surface area (Å²) in [5, 5.41) is 9.53. The number of nitrogens with zero attached hydrogens (tertiary/aromatic N) is 1. The Hall–Kier alpha value is -1.88. The average Bonchev–Trinajstić information content (AvgIpc) is 2.53. The van der Waals surface area contributed by atoms with Gasteiger partial charge in [-0.25, -0.2) is 0 Å². The molecule has 5 heteroatoms. The molecule has 0 bridgehead atoms. The van der Waals surface area contributed by atoms with E-state index in [0.29, 0.717) is 37.1 Å². The van der Waals surface area contributed by atoms with E-state index in [9.17, 15) is 14.7 Å². The molecular weight excluding hydrogens is 270 g/mol. The summed E-state index contributed by atoms with van der Waals surface area (Å²) in [4.78, 5) is 25.0. The van der Waals surface area contributed by atoms with E-state index in [0.717, 1.165) is 6.29 Å². The fourth-order valence-corrected chi connectivity index (χ4v) is 2.70. The van der Waals surface area contributed by atoms with Gasteiger partial charge in [0.1, 0.15) is 12.0 Å². The second-order valence-corrected chi connectivity index (χ2v) is 5.32.